The number of rotatable bonds is 7. The maximum Gasteiger partial charge on any atom is 0.416 e. The van der Waals surface area contributed by atoms with Gasteiger partial charge in [-0.25, -0.2) is 10.0 Å². The number of ether oxygens (including phenoxy) is 1. The molecule has 0 bridgehead atoms. The molecule has 0 spiro atoms. The smallest absolute Gasteiger partial charge is 0.416 e. The zero-order valence-corrected chi connectivity index (χ0v) is 15.9. The number of allylic oxidation sites excluding steroid dienone is 3. The first-order valence-corrected chi connectivity index (χ1v) is 8.56. The topological polar surface area (TPSA) is 143 Å². The summed E-state index contributed by atoms with van der Waals surface area (Å²) < 4.78 is 45.7. The molecule has 1 aromatic carbocycles. The zero-order chi connectivity index (χ0) is 22.6. The van der Waals surface area contributed by atoms with Crippen LogP contribution in [0.3, 0.4) is 0 Å². The SMILES string of the molecule is CC1=C(C(=O)OCCO[NH+]([O-])O)[C@H](c2ccccc2C(F)(F)F)C([NH+]([O-])O)=C(C)N1. The maximum atomic E-state index is 13.6. The van der Waals surface area contributed by atoms with Gasteiger partial charge in [-0.1, -0.05) is 23.6 Å². The number of benzene rings is 1. The molecule has 0 amide bonds. The van der Waals surface area contributed by atoms with Gasteiger partial charge in [0.25, 0.3) is 0 Å². The molecule has 1 aromatic rings. The van der Waals surface area contributed by atoms with E-state index in [1.807, 2.05) is 0 Å². The minimum Gasteiger partial charge on any atom is -0.595 e. The summed E-state index contributed by atoms with van der Waals surface area (Å²) in [5.74, 6) is -2.66. The summed E-state index contributed by atoms with van der Waals surface area (Å²) in [6.07, 6.45) is -4.79. The van der Waals surface area contributed by atoms with E-state index in [1.165, 1.54) is 19.9 Å². The van der Waals surface area contributed by atoms with Crippen molar-refractivity contribution in [1.82, 2.24) is 5.32 Å². The molecule has 166 valence electrons. The van der Waals surface area contributed by atoms with Crippen molar-refractivity contribution in [3.8, 4) is 0 Å². The number of esters is 1. The number of dihydropyridines is 1. The van der Waals surface area contributed by atoms with Crippen LogP contribution >= 0.6 is 0 Å². The Morgan fingerprint density at radius 2 is 1.80 bits per heavy atom. The number of quaternary nitrogens is 2. The van der Waals surface area contributed by atoms with Gasteiger partial charge in [0.05, 0.1) is 22.8 Å². The van der Waals surface area contributed by atoms with E-state index in [9.17, 15) is 33.6 Å². The lowest BCUT2D eigenvalue weighted by molar-refractivity contribution is -1.21. The first-order valence-electron chi connectivity index (χ1n) is 8.56. The van der Waals surface area contributed by atoms with Crippen molar-refractivity contribution in [3.63, 3.8) is 0 Å². The van der Waals surface area contributed by atoms with Crippen molar-refractivity contribution in [1.29, 1.82) is 0 Å². The Balaban J connectivity index is 2.53. The quantitative estimate of drug-likeness (QED) is 0.227. The normalized spacial score (nSPS) is 19.4. The van der Waals surface area contributed by atoms with Gasteiger partial charge >= 0.3 is 12.1 Å². The van der Waals surface area contributed by atoms with Crippen LogP contribution in [0.15, 0.2) is 46.9 Å². The van der Waals surface area contributed by atoms with E-state index in [1.54, 1.807) is 0 Å². The largest absolute Gasteiger partial charge is 0.595 e. The van der Waals surface area contributed by atoms with Crippen LogP contribution in [0.1, 0.15) is 30.9 Å². The van der Waals surface area contributed by atoms with Gasteiger partial charge in [-0.05, 0) is 25.5 Å². The third-order valence-electron chi connectivity index (χ3n) is 4.33. The second-order valence-corrected chi connectivity index (χ2v) is 6.28. The molecule has 13 heteroatoms. The van der Waals surface area contributed by atoms with Gasteiger partial charge in [0.15, 0.2) is 5.70 Å². The fourth-order valence-electron chi connectivity index (χ4n) is 3.21. The summed E-state index contributed by atoms with van der Waals surface area (Å²) in [7, 11) is 0. The third-order valence-corrected chi connectivity index (χ3v) is 4.33. The highest BCUT2D eigenvalue weighted by Gasteiger charge is 2.43. The van der Waals surface area contributed by atoms with Gasteiger partial charge < -0.3 is 20.5 Å². The van der Waals surface area contributed by atoms with Crippen LogP contribution < -0.4 is 15.9 Å². The van der Waals surface area contributed by atoms with Crippen LogP contribution in [0.25, 0.3) is 0 Å². The van der Waals surface area contributed by atoms with E-state index < -0.39 is 58.7 Å². The Labute approximate surface area is 168 Å². The Bertz CT molecular complexity index is 853. The number of carbonyl (C=O) groups is 1. The molecule has 30 heavy (non-hydrogen) atoms. The number of hydroxylamine groups is 2. The molecular formula is C17H20F3N3O7. The van der Waals surface area contributed by atoms with E-state index in [-0.39, 0.29) is 17.0 Å². The molecule has 0 radical (unpaired) electrons. The van der Waals surface area contributed by atoms with E-state index in [0.717, 1.165) is 18.2 Å². The predicted molar refractivity (Wildman–Crippen MR) is 91.9 cm³/mol. The molecular weight excluding hydrogens is 415 g/mol. The van der Waals surface area contributed by atoms with Gasteiger partial charge in [-0.2, -0.15) is 28.4 Å². The van der Waals surface area contributed by atoms with E-state index in [2.05, 4.69) is 10.2 Å². The van der Waals surface area contributed by atoms with E-state index in [0.29, 0.717) is 0 Å². The van der Waals surface area contributed by atoms with E-state index >= 15 is 0 Å². The molecule has 10 nitrogen and oxygen atoms in total. The van der Waals surface area contributed by atoms with Gasteiger partial charge in [0, 0.05) is 5.70 Å². The fourth-order valence-corrected chi connectivity index (χ4v) is 3.21. The average Bonchev–Trinajstić information content (AvgIpc) is 2.63. The molecule has 3 atom stereocenters. The summed E-state index contributed by atoms with van der Waals surface area (Å²) in [4.78, 5) is 16.9. The molecule has 0 aromatic heterocycles. The molecule has 1 aliphatic rings. The Hall–Kier alpha value is -2.52. The van der Waals surface area contributed by atoms with Gasteiger partial charge in [-0.15, -0.1) is 0 Å². The molecule has 1 aliphatic heterocycles. The summed E-state index contributed by atoms with van der Waals surface area (Å²) in [6.45, 7) is 1.78. The Morgan fingerprint density at radius 3 is 2.37 bits per heavy atom. The average molecular weight is 435 g/mol. The summed E-state index contributed by atoms with van der Waals surface area (Å²) >= 11 is 0. The minimum atomic E-state index is -4.79. The van der Waals surface area contributed by atoms with Gasteiger partial charge in [0.1, 0.15) is 13.2 Å². The van der Waals surface area contributed by atoms with Crippen LogP contribution in [0.4, 0.5) is 13.2 Å². The Kier molecular flexibility index (Phi) is 7.54. The standard InChI is InChI=1S/C17H20F3N3O7/c1-9-13(16(24)29-7-8-30-23(27)28)14(15(22(25)26)10(2)21-9)11-5-3-4-6-12(11)17(18,19)20/h3-6,14,21-23,25,27H,7-8H2,1-2H3/t14-/m0/s1. The lowest BCUT2D eigenvalue weighted by Gasteiger charge is -2.33. The molecule has 0 aliphatic carbocycles. The van der Waals surface area contributed by atoms with Crippen molar-refractivity contribution in [2.75, 3.05) is 13.2 Å². The number of hydrogen-bond acceptors (Lipinski definition) is 8. The van der Waals surface area contributed by atoms with Crippen molar-refractivity contribution >= 4 is 5.97 Å². The maximum absolute atomic E-state index is 13.6. The summed E-state index contributed by atoms with van der Waals surface area (Å²) in [5.41, 5.74) is -2.08. The molecule has 2 unspecified atom stereocenters. The second-order valence-electron chi connectivity index (χ2n) is 6.28. The zero-order valence-electron chi connectivity index (χ0n) is 15.9. The Morgan fingerprint density at radius 1 is 1.17 bits per heavy atom. The van der Waals surface area contributed by atoms with Crippen LogP contribution in [-0.4, -0.2) is 29.6 Å². The van der Waals surface area contributed by atoms with Crippen molar-refractivity contribution in [2.45, 2.75) is 25.9 Å². The molecule has 2 rings (SSSR count). The highest BCUT2D eigenvalue weighted by atomic mass is 19.4. The first kappa shape index (κ1) is 23.8. The predicted octanol–water partition coefficient (Wildman–Crippen LogP) is -0.0837. The summed E-state index contributed by atoms with van der Waals surface area (Å²) in [5, 5.41) is 39.9. The first-order chi connectivity index (χ1) is 13.9. The molecule has 5 N–H and O–H groups in total. The van der Waals surface area contributed by atoms with Crippen LogP contribution in [0, 0.1) is 10.4 Å². The molecule has 0 fully saturated rings. The molecule has 1 heterocycles. The fraction of sp³-hybridized carbons (Fsp3) is 0.353. The number of nitrogens with one attached hydrogen (secondary N) is 3. The van der Waals surface area contributed by atoms with Gasteiger partial charge in [0.2, 0.25) is 0 Å². The van der Waals surface area contributed by atoms with Crippen molar-refractivity contribution in [2.24, 2.45) is 0 Å². The number of carbonyl (C=O) groups excluding carboxylic acids is 1. The minimum absolute atomic E-state index is 0.0766. The highest BCUT2D eigenvalue weighted by Crippen LogP contribution is 2.42. The molecule has 0 saturated heterocycles. The van der Waals surface area contributed by atoms with Crippen LogP contribution in [0.2, 0.25) is 0 Å². The van der Waals surface area contributed by atoms with Gasteiger partial charge in [-0.3, -0.25) is 0 Å². The van der Waals surface area contributed by atoms with Crippen molar-refractivity contribution in [3.05, 3.63) is 68.5 Å². The van der Waals surface area contributed by atoms with Crippen LogP contribution in [0.5, 0.6) is 0 Å². The number of hydrogen-bond donors (Lipinski definition) is 5. The number of halogens is 3. The molecule has 0 saturated carbocycles. The highest BCUT2D eigenvalue weighted by molar-refractivity contribution is 5.92. The van der Waals surface area contributed by atoms with E-state index in [4.69, 9.17) is 9.94 Å². The van der Waals surface area contributed by atoms with Crippen LogP contribution in [-0.2, 0) is 20.5 Å². The third kappa shape index (κ3) is 5.34. The lowest BCUT2D eigenvalue weighted by Crippen LogP contribution is -3.03. The summed E-state index contributed by atoms with van der Waals surface area (Å²) in [6, 6.07) is 4.36. The lowest BCUT2D eigenvalue weighted by atomic mass is 9.81. The second kappa shape index (κ2) is 9.53. The monoisotopic (exact) mass is 435 g/mol. The van der Waals surface area contributed by atoms with Crippen molar-refractivity contribution < 1.29 is 48.6 Å². The number of alkyl halides is 3.